The highest BCUT2D eigenvalue weighted by Gasteiger charge is 2.24. The molecule has 0 unspecified atom stereocenters. The van der Waals surface area contributed by atoms with Crippen molar-refractivity contribution in [2.24, 2.45) is 5.11 Å². The lowest BCUT2D eigenvalue weighted by atomic mass is 10.0. The molecule has 0 aromatic rings. The molecule has 0 radical (unpaired) electrons. The number of aliphatic hydroxyl groups is 3. The maximum atomic E-state index is 9.46. The molecule has 0 amide bonds. The van der Waals surface area contributed by atoms with E-state index in [2.05, 4.69) is 10.0 Å². The van der Waals surface area contributed by atoms with Crippen molar-refractivity contribution in [3.63, 3.8) is 0 Å². The Hall–Kier alpha value is -0.810. The fourth-order valence-corrected chi connectivity index (χ4v) is 1.12. The Morgan fingerprint density at radius 1 is 1.43 bits per heavy atom. The number of rotatable bonds is 7. The summed E-state index contributed by atoms with van der Waals surface area (Å²) in [5.74, 6) is 0. The van der Waals surface area contributed by atoms with Gasteiger partial charge in [0.25, 0.3) is 0 Å². The molecule has 14 heavy (non-hydrogen) atoms. The molecule has 3 atom stereocenters. The van der Waals surface area contributed by atoms with Crippen LogP contribution in [0, 0.1) is 0 Å². The highest BCUT2D eigenvalue weighted by Crippen LogP contribution is 2.10. The first-order valence-corrected chi connectivity index (χ1v) is 4.68. The van der Waals surface area contributed by atoms with Crippen molar-refractivity contribution in [2.45, 2.75) is 44.4 Å². The molecule has 0 bridgehead atoms. The van der Waals surface area contributed by atoms with Crippen LogP contribution < -0.4 is 0 Å². The molecule has 0 saturated carbocycles. The Balaban J connectivity index is 4.11. The SMILES string of the molecule is CCCC[C@@H](O)[C@@H](O)[C@H](CO)N=[N+]=[N-]. The van der Waals surface area contributed by atoms with Gasteiger partial charge in [-0.15, -0.1) is 0 Å². The van der Waals surface area contributed by atoms with Crippen LogP contribution in [-0.4, -0.2) is 40.2 Å². The summed E-state index contributed by atoms with van der Waals surface area (Å²) in [6.07, 6.45) is -0.00308. The van der Waals surface area contributed by atoms with Crippen LogP contribution in [0.2, 0.25) is 0 Å². The third-order valence-corrected chi connectivity index (χ3v) is 2.03. The summed E-state index contributed by atoms with van der Waals surface area (Å²) in [5, 5.41) is 30.9. The Morgan fingerprint density at radius 3 is 2.50 bits per heavy atom. The van der Waals surface area contributed by atoms with E-state index in [1.165, 1.54) is 0 Å². The molecule has 0 heterocycles. The molecule has 0 fully saturated rings. The minimum atomic E-state index is -1.19. The second-order valence-electron chi connectivity index (χ2n) is 3.16. The van der Waals surface area contributed by atoms with Crippen LogP contribution in [0.1, 0.15) is 26.2 Å². The molecule has 0 aromatic carbocycles. The van der Waals surface area contributed by atoms with Gasteiger partial charge in [0.2, 0.25) is 0 Å². The number of hydrogen-bond acceptors (Lipinski definition) is 4. The zero-order valence-electron chi connectivity index (χ0n) is 8.24. The highest BCUT2D eigenvalue weighted by molar-refractivity contribution is 4.81. The summed E-state index contributed by atoms with van der Waals surface area (Å²) < 4.78 is 0. The quantitative estimate of drug-likeness (QED) is 0.319. The van der Waals surface area contributed by atoms with E-state index < -0.39 is 24.9 Å². The smallest absolute Gasteiger partial charge is 0.0905 e. The van der Waals surface area contributed by atoms with Gasteiger partial charge in [-0.05, 0) is 12.0 Å². The summed E-state index contributed by atoms with van der Waals surface area (Å²) in [5.41, 5.74) is 8.13. The molecule has 6 nitrogen and oxygen atoms in total. The van der Waals surface area contributed by atoms with E-state index in [0.717, 1.165) is 12.8 Å². The molecule has 0 aliphatic rings. The van der Waals surface area contributed by atoms with Crippen LogP contribution >= 0.6 is 0 Å². The van der Waals surface area contributed by atoms with E-state index in [0.29, 0.717) is 6.42 Å². The highest BCUT2D eigenvalue weighted by atomic mass is 16.3. The van der Waals surface area contributed by atoms with Crippen molar-refractivity contribution in [1.29, 1.82) is 0 Å². The molecule has 0 rings (SSSR count). The minimum Gasteiger partial charge on any atom is -0.396 e. The van der Waals surface area contributed by atoms with Crippen LogP contribution in [0.25, 0.3) is 10.4 Å². The maximum Gasteiger partial charge on any atom is 0.0905 e. The van der Waals surface area contributed by atoms with Crippen molar-refractivity contribution >= 4 is 0 Å². The van der Waals surface area contributed by atoms with Crippen LogP contribution in [0.4, 0.5) is 0 Å². The molecule has 0 saturated heterocycles. The number of aliphatic hydroxyl groups excluding tert-OH is 3. The Kier molecular flexibility index (Phi) is 7.14. The van der Waals surface area contributed by atoms with Crippen molar-refractivity contribution in [3.05, 3.63) is 10.4 Å². The minimum absolute atomic E-state index is 0.440. The topological polar surface area (TPSA) is 109 Å². The average molecular weight is 203 g/mol. The Labute approximate surface area is 82.8 Å². The van der Waals surface area contributed by atoms with Crippen molar-refractivity contribution in [2.75, 3.05) is 6.61 Å². The lowest BCUT2D eigenvalue weighted by molar-refractivity contribution is -0.0118. The van der Waals surface area contributed by atoms with Crippen LogP contribution in [0.5, 0.6) is 0 Å². The summed E-state index contributed by atoms with van der Waals surface area (Å²) in [4.78, 5) is 2.48. The number of unbranched alkanes of at least 4 members (excludes halogenated alkanes) is 1. The Bertz CT molecular complexity index is 194. The lowest BCUT2D eigenvalue weighted by Gasteiger charge is -2.21. The van der Waals surface area contributed by atoms with Crippen molar-refractivity contribution < 1.29 is 15.3 Å². The zero-order valence-corrected chi connectivity index (χ0v) is 8.24. The van der Waals surface area contributed by atoms with E-state index in [1.807, 2.05) is 6.92 Å². The van der Waals surface area contributed by atoms with Gasteiger partial charge < -0.3 is 15.3 Å². The largest absolute Gasteiger partial charge is 0.396 e. The van der Waals surface area contributed by atoms with Crippen LogP contribution in [0.15, 0.2) is 5.11 Å². The first-order chi connectivity index (χ1) is 6.67. The Morgan fingerprint density at radius 2 is 2.07 bits per heavy atom. The monoisotopic (exact) mass is 203 g/mol. The first-order valence-electron chi connectivity index (χ1n) is 4.68. The molecule has 82 valence electrons. The van der Waals surface area contributed by atoms with Crippen molar-refractivity contribution in [3.8, 4) is 0 Å². The standard InChI is InChI=1S/C8H17N3O3/c1-2-3-4-7(13)8(14)6(5-12)10-11-9/h6-8,12-14H,2-5H2,1H3/t6-,7+,8-/m0/s1. The predicted octanol–water partition coefficient (Wildman–Crippen LogP) is 0.570. The number of nitrogens with zero attached hydrogens (tertiary/aromatic N) is 3. The van der Waals surface area contributed by atoms with Crippen LogP contribution in [-0.2, 0) is 0 Å². The first kappa shape index (κ1) is 13.2. The molecule has 0 aliphatic carbocycles. The average Bonchev–Trinajstić information content (AvgIpc) is 2.21. The predicted molar refractivity (Wildman–Crippen MR) is 51.6 cm³/mol. The van der Waals surface area contributed by atoms with Gasteiger partial charge in [0.15, 0.2) is 0 Å². The summed E-state index contributed by atoms with van der Waals surface area (Å²) in [6, 6.07) is -0.966. The van der Waals surface area contributed by atoms with Gasteiger partial charge in [-0.3, -0.25) is 0 Å². The fourth-order valence-electron chi connectivity index (χ4n) is 1.12. The zero-order chi connectivity index (χ0) is 11.0. The van der Waals surface area contributed by atoms with E-state index in [4.69, 9.17) is 10.6 Å². The summed E-state index contributed by atoms with van der Waals surface area (Å²) in [7, 11) is 0. The second-order valence-corrected chi connectivity index (χ2v) is 3.16. The summed E-state index contributed by atoms with van der Waals surface area (Å²) in [6.45, 7) is 1.50. The van der Waals surface area contributed by atoms with Gasteiger partial charge in [0, 0.05) is 4.91 Å². The van der Waals surface area contributed by atoms with Gasteiger partial charge in [-0.1, -0.05) is 24.9 Å². The molecular formula is C8H17N3O3. The molecule has 3 N–H and O–H groups in total. The van der Waals surface area contributed by atoms with E-state index in [9.17, 15) is 10.2 Å². The molecule has 6 heteroatoms. The normalized spacial score (nSPS) is 16.9. The number of azide groups is 1. The van der Waals surface area contributed by atoms with E-state index in [1.54, 1.807) is 0 Å². The molecule has 0 aromatic heterocycles. The molecular weight excluding hydrogens is 186 g/mol. The van der Waals surface area contributed by atoms with Crippen molar-refractivity contribution in [1.82, 2.24) is 0 Å². The lowest BCUT2D eigenvalue weighted by Crippen LogP contribution is -2.38. The fraction of sp³-hybridized carbons (Fsp3) is 1.00. The summed E-state index contributed by atoms with van der Waals surface area (Å²) >= 11 is 0. The van der Waals surface area contributed by atoms with Gasteiger partial charge in [0.1, 0.15) is 0 Å². The van der Waals surface area contributed by atoms with E-state index in [-0.39, 0.29) is 0 Å². The maximum absolute atomic E-state index is 9.46. The third kappa shape index (κ3) is 4.43. The molecule has 0 aliphatic heterocycles. The van der Waals surface area contributed by atoms with Gasteiger partial charge in [-0.2, -0.15) is 0 Å². The van der Waals surface area contributed by atoms with E-state index >= 15 is 0 Å². The van der Waals surface area contributed by atoms with Crippen LogP contribution in [0.3, 0.4) is 0 Å². The van der Waals surface area contributed by atoms with Gasteiger partial charge in [0.05, 0.1) is 24.9 Å². The van der Waals surface area contributed by atoms with Gasteiger partial charge >= 0.3 is 0 Å². The number of hydrogen-bond donors (Lipinski definition) is 3. The second kappa shape index (κ2) is 7.58. The molecule has 0 spiro atoms. The third-order valence-electron chi connectivity index (χ3n) is 2.03. The van der Waals surface area contributed by atoms with Gasteiger partial charge in [-0.25, -0.2) is 0 Å².